The number of phosphoric acid groups is 1. The first kappa shape index (κ1) is 32.1. The van der Waals surface area contributed by atoms with Gasteiger partial charge >= 0.3 is 0 Å². The summed E-state index contributed by atoms with van der Waals surface area (Å²) in [6.07, 6.45) is -6.93. The van der Waals surface area contributed by atoms with Crippen LogP contribution in [-0.2, 0) is 27.4 Å². The zero-order valence-corrected chi connectivity index (χ0v) is 25.0. The van der Waals surface area contributed by atoms with Crippen LogP contribution in [0.1, 0.15) is 12.5 Å². The van der Waals surface area contributed by atoms with Gasteiger partial charge in [-0.3, -0.25) is 22.6 Å². The molecule has 2 aliphatic rings. The van der Waals surface area contributed by atoms with Crippen molar-refractivity contribution in [2.45, 2.75) is 49.1 Å². The third-order valence-corrected chi connectivity index (χ3v) is 11.8. The molecule has 2 unspecified atom stereocenters. The average Bonchev–Trinajstić information content (AvgIpc) is 3.73. The van der Waals surface area contributed by atoms with Crippen LogP contribution in [0.3, 0.4) is 0 Å². The van der Waals surface area contributed by atoms with Gasteiger partial charge in [-0.25, -0.2) is 29.9 Å². The normalized spacial score (nSPS) is 31.4. The molecular formula is C20H24N10O12P2S-2. The van der Waals surface area contributed by atoms with Gasteiger partial charge in [0.05, 0.1) is 25.4 Å². The summed E-state index contributed by atoms with van der Waals surface area (Å²) in [4.78, 5) is 48.6. The van der Waals surface area contributed by atoms with Gasteiger partial charge in [-0.2, -0.15) is 0 Å². The minimum Gasteiger partial charge on any atom is -0.770 e. The molecule has 2 aliphatic heterocycles. The maximum atomic E-state index is 12.5. The molecule has 25 heteroatoms. The average molecular weight is 690 g/mol. The Morgan fingerprint density at radius 2 is 1.29 bits per heavy atom. The van der Waals surface area contributed by atoms with Crippen molar-refractivity contribution in [2.24, 2.45) is 0 Å². The van der Waals surface area contributed by atoms with Crippen LogP contribution in [0.5, 0.6) is 0 Å². The second kappa shape index (κ2) is 12.0. The predicted molar refractivity (Wildman–Crippen MR) is 146 cm³/mol. The first-order chi connectivity index (χ1) is 21.3. The summed E-state index contributed by atoms with van der Waals surface area (Å²) in [5.74, 6) is -0.455. The molecule has 45 heavy (non-hydrogen) atoms. The van der Waals surface area contributed by atoms with Crippen LogP contribution in [-0.4, -0.2) is 108 Å². The van der Waals surface area contributed by atoms with Crippen LogP contribution < -0.4 is 21.3 Å². The van der Waals surface area contributed by atoms with Crippen LogP contribution in [0, 0.1) is 0 Å². The predicted octanol–water partition coefficient (Wildman–Crippen LogP) is -3.23. The summed E-state index contributed by atoms with van der Waals surface area (Å²) in [5.41, 5.74) is 12.3. The number of aliphatic hydroxyl groups is 4. The van der Waals surface area contributed by atoms with Gasteiger partial charge in [-0.05, 0) is 0 Å². The van der Waals surface area contributed by atoms with Gasteiger partial charge in [-0.1, -0.05) is 11.4 Å². The standard InChI is InChI=1S/C20H26N10O12P2S/c21-15-9-17(25-3-23-15)29(5-27-9)19-13(33)11(31)7(40-19)1-39-43(35,36)42-44(37,38)45-2-8-12(32)14(34)20(41-8)30-6-28-10-16(22)24-4-26-18(10)30/h3-8,11-14,19-20,31-34H,1-2H2,(H,35,36)(H,37,38)(H2,21,23,25)(H2,22,24,26)/p-2/t7-,8-,11-,12-,13-,14-,19-,20-/m1/s1. The van der Waals surface area contributed by atoms with Crippen molar-refractivity contribution in [3.63, 3.8) is 0 Å². The van der Waals surface area contributed by atoms with E-state index in [1.165, 1.54) is 21.8 Å². The lowest BCUT2D eigenvalue weighted by atomic mass is 10.1. The molecule has 244 valence electrons. The lowest BCUT2D eigenvalue weighted by Crippen LogP contribution is -2.34. The van der Waals surface area contributed by atoms with Crippen molar-refractivity contribution < 1.29 is 57.7 Å². The second-order valence-corrected chi connectivity index (χ2v) is 15.2. The molecule has 22 nitrogen and oxygen atoms in total. The SMILES string of the molecule is Nc1ncnc2c1ncn2[C@@H]1O[C@H](COP(=O)([O-])OP(=O)([O-])SC[C@H]2O[C@@H](n3cnc4c(N)ncnc43)[C@H](O)[C@@H]2O)[C@@H](O)[C@H]1O. The number of rotatable bonds is 10. The molecule has 0 aliphatic carbocycles. The van der Waals surface area contributed by atoms with Crippen molar-refractivity contribution in [3.8, 4) is 0 Å². The van der Waals surface area contributed by atoms with E-state index in [9.17, 15) is 39.3 Å². The van der Waals surface area contributed by atoms with E-state index in [0.717, 1.165) is 12.7 Å². The zero-order valence-electron chi connectivity index (χ0n) is 22.4. The first-order valence-electron chi connectivity index (χ1n) is 12.8. The van der Waals surface area contributed by atoms with Gasteiger partial charge in [0.2, 0.25) is 0 Å². The minimum atomic E-state index is -5.58. The third-order valence-electron chi connectivity index (χ3n) is 6.99. The number of fused-ring (bicyclic) bond motifs is 2. The summed E-state index contributed by atoms with van der Waals surface area (Å²) in [7, 11) is -5.58. The number of ether oxygens (including phenoxy) is 2. The minimum absolute atomic E-state index is 0.0203. The Kier molecular flexibility index (Phi) is 8.58. The highest BCUT2D eigenvalue weighted by Gasteiger charge is 2.46. The maximum absolute atomic E-state index is 12.5. The molecule has 6 rings (SSSR count). The third kappa shape index (κ3) is 6.15. The molecule has 10 atom stereocenters. The molecule has 0 bridgehead atoms. The molecule has 0 saturated carbocycles. The van der Waals surface area contributed by atoms with E-state index in [1.807, 2.05) is 0 Å². The van der Waals surface area contributed by atoms with Crippen molar-refractivity contribution in [2.75, 3.05) is 23.8 Å². The molecule has 8 N–H and O–H groups in total. The van der Waals surface area contributed by atoms with Crippen LogP contribution in [0.2, 0.25) is 0 Å². The van der Waals surface area contributed by atoms with E-state index in [1.54, 1.807) is 0 Å². The van der Waals surface area contributed by atoms with E-state index >= 15 is 0 Å². The van der Waals surface area contributed by atoms with Gasteiger partial charge in [-0.15, -0.1) is 0 Å². The van der Waals surface area contributed by atoms with Crippen molar-refractivity contribution in [1.29, 1.82) is 0 Å². The fraction of sp³-hybridized carbons (Fsp3) is 0.500. The summed E-state index contributed by atoms with van der Waals surface area (Å²) in [5, 5.41) is 41.9. The summed E-state index contributed by atoms with van der Waals surface area (Å²) in [6.45, 7) is -6.20. The van der Waals surface area contributed by atoms with Crippen LogP contribution in [0.15, 0.2) is 25.3 Å². The Hall–Kier alpha value is -2.89. The zero-order chi connectivity index (χ0) is 32.3. The molecule has 4 aromatic heterocycles. The monoisotopic (exact) mass is 690 g/mol. The Labute approximate surface area is 254 Å². The second-order valence-electron chi connectivity index (χ2n) is 9.83. The van der Waals surface area contributed by atoms with E-state index in [0.29, 0.717) is 0 Å². The Morgan fingerprint density at radius 1 is 0.800 bits per heavy atom. The summed E-state index contributed by atoms with van der Waals surface area (Å²) < 4.78 is 47.5. The van der Waals surface area contributed by atoms with E-state index in [-0.39, 0.29) is 45.3 Å². The fourth-order valence-corrected chi connectivity index (χ4v) is 9.24. The quantitative estimate of drug-likeness (QED) is 0.0891. The Balaban J connectivity index is 1.04. The van der Waals surface area contributed by atoms with Gasteiger partial charge in [0.25, 0.3) is 7.82 Å². The molecule has 2 saturated heterocycles. The number of hydrogen-bond donors (Lipinski definition) is 6. The number of aromatic nitrogens is 8. The molecule has 6 heterocycles. The number of imidazole rings is 2. The number of anilines is 2. The van der Waals surface area contributed by atoms with E-state index in [4.69, 9.17) is 20.9 Å². The number of phosphoric ester groups is 1. The molecule has 2 fully saturated rings. The molecule has 0 amide bonds. The van der Waals surface area contributed by atoms with Crippen molar-refractivity contribution in [3.05, 3.63) is 25.3 Å². The maximum Gasteiger partial charge on any atom is 0.273 e. The van der Waals surface area contributed by atoms with Crippen LogP contribution in [0.25, 0.3) is 22.3 Å². The number of hydrogen-bond acceptors (Lipinski definition) is 21. The highest BCUT2D eigenvalue weighted by molar-refractivity contribution is 8.54. The van der Waals surface area contributed by atoms with Gasteiger partial charge in [0, 0.05) is 5.75 Å². The Morgan fingerprint density at radius 3 is 1.82 bits per heavy atom. The van der Waals surface area contributed by atoms with Gasteiger partial charge in [0.1, 0.15) is 54.2 Å². The lowest BCUT2D eigenvalue weighted by molar-refractivity contribution is -0.231. The van der Waals surface area contributed by atoms with Crippen molar-refractivity contribution >= 4 is 60.0 Å². The van der Waals surface area contributed by atoms with E-state index < -0.39 is 76.1 Å². The van der Waals surface area contributed by atoms with Crippen LogP contribution >= 0.6 is 26.0 Å². The number of aliphatic hydroxyl groups excluding tert-OH is 4. The molecule has 0 spiro atoms. The summed E-state index contributed by atoms with van der Waals surface area (Å²) >= 11 is -0.0203. The molecule has 4 aromatic rings. The van der Waals surface area contributed by atoms with Crippen LogP contribution in [0.4, 0.5) is 11.6 Å². The summed E-state index contributed by atoms with van der Waals surface area (Å²) in [6, 6.07) is 0. The lowest BCUT2D eigenvalue weighted by Gasteiger charge is -2.32. The molecule has 0 aromatic carbocycles. The topological polar surface area (TPSA) is 337 Å². The van der Waals surface area contributed by atoms with Crippen molar-refractivity contribution in [1.82, 2.24) is 39.0 Å². The molecule has 0 radical (unpaired) electrons. The number of nitrogen functional groups attached to an aromatic ring is 2. The van der Waals surface area contributed by atoms with E-state index in [2.05, 4.69) is 38.7 Å². The largest absolute Gasteiger partial charge is 0.770 e. The number of nitrogens with two attached hydrogens (primary N) is 2. The van der Waals surface area contributed by atoms with Gasteiger partial charge < -0.3 is 55.7 Å². The highest BCUT2D eigenvalue weighted by Crippen LogP contribution is 2.63. The van der Waals surface area contributed by atoms with Gasteiger partial charge in [0.15, 0.2) is 42.2 Å². The Bertz CT molecular complexity index is 1690. The fourth-order valence-electron chi connectivity index (χ4n) is 4.80. The highest BCUT2D eigenvalue weighted by atomic mass is 32.7. The first-order valence-corrected chi connectivity index (χ1v) is 17.4. The molecular weight excluding hydrogens is 666 g/mol. The smallest absolute Gasteiger partial charge is 0.273 e. The number of nitrogens with zero attached hydrogens (tertiary/aromatic N) is 8.